The van der Waals surface area contributed by atoms with Crippen LogP contribution in [0.15, 0.2) is 60.7 Å². The first-order valence-electron chi connectivity index (χ1n) is 5.90. The monoisotopic (exact) mass is 276 g/mol. The van der Waals surface area contributed by atoms with E-state index >= 15 is 0 Å². The lowest BCUT2D eigenvalue weighted by atomic mass is 9.99. The van der Waals surface area contributed by atoms with Crippen LogP contribution in [-0.4, -0.2) is 12.5 Å². The van der Waals surface area contributed by atoms with E-state index in [4.69, 9.17) is 5.73 Å². The number of amides is 1. The van der Waals surface area contributed by atoms with Gasteiger partial charge in [-0.15, -0.1) is 12.4 Å². The van der Waals surface area contributed by atoms with Crippen LogP contribution < -0.4 is 11.1 Å². The molecule has 0 fully saturated rings. The van der Waals surface area contributed by atoms with Crippen molar-refractivity contribution in [2.45, 2.75) is 6.04 Å². The lowest BCUT2D eigenvalue weighted by Crippen LogP contribution is -2.34. The Labute approximate surface area is 119 Å². The Morgan fingerprint density at radius 2 is 1.37 bits per heavy atom. The van der Waals surface area contributed by atoms with E-state index in [0.29, 0.717) is 0 Å². The van der Waals surface area contributed by atoms with Gasteiger partial charge in [-0.05, 0) is 11.1 Å². The summed E-state index contributed by atoms with van der Waals surface area (Å²) in [5, 5.41) is 2.94. The Bertz CT molecular complexity index is 463. The summed E-state index contributed by atoms with van der Waals surface area (Å²) in [7, 11) is 0. The average Bonchev–Trinajstić information content (AvgIpc) is 2.46. The van der Waals surface area contributed by atoms with Crippen LogP contribution in [0.4, 0.5) is 0 Å². The third-order valence-corrected chi connectivity index (χ3v) is 2.76. The van der Waals surface area contributed by atoms with E-state index in [1.54, 1.807) is 0 Å². The molecule has 2 rings (SSSR count). The topological polar surface area (TPSA) is 55.1 Å². The molecule has 0 bridgehead atoms. The number of halogens is 1. The maximum Gasteiger partial charge on any atom is 0.234 e. The molecule has 19 heavy (non-hydrogen) atoms. The number of hydrogen-bond donors (Lipinski definition) is 2. The summed E-state index contributed by atoms with van der Waals surface area (Å²) in [4.78, 5) is 11.5. The smallest absolute Gasteiger partial charge is 0.234 e. The molecule has 0 saturated heterocycles. The first-order chi connectivity index (χ1) is 8.81. The van der Waals surface area contributed by atoms with E-state index in [1.807, 2.05) is 60.7 Å². The summed E-state index contributed by atoms with van der Waals surface area (Å²) in [5.41, 5.74) is 7.46. The largest absolute Gasteiger partial charge is 0.344 e. The maximum atomic E-state index is 11.5. The van der Waals surface area contributed by atoms with E-state index in [0.717, 1.165) is 11.1 Å². The van der Waals surface area contributed by atoms with Crippen LogP contribution in [0.5, 0.6) is 0 Å². The van der Waals surface area contributed by atoms with Gasteiger partial charge in [-0.1, -0.05) is 60.7 Å². The highest BCUT2D eigenvalue weighted by atomic mass is 35.5. The van der Waals surface area contributed by atoms with Gasteiger partial charge >= 0.3 is 0 Å². The highest BCUT2D eigenvalue weighted by Crippen LogP contribution is 2.21. The van der Waals surface area contributed by atoms with Crippen LogP contribution in [0.1, 0.15) is 17.2 Å². The molecule has 0 aliphatic rings. The number of benzene rings is 2. The molecule has 2 aromatic carbocycles. The molecule has 0 aliphatic heterocycles. The molecule has 4 heteroatoms. The predicted molar refractivity (Wildman–Crippen MR) is 79.2 cm³/mol. The molecule has 1 amide bonds. The zero-order valence-corrected chi connectivity index (χ0v) is 11.3. The van der Waals surface area contributed by atoms with Gasteiger partial charge in [0.25, 0.3) is 0 Å². The van der Waals surface area contributed by atoms with Crippen LogP contribution in [0, 0.1) is 0 Å². The van der Waals surface area contributed by atoms with Gasteiger partial charge < -0.3 is 11.1 Å². The molecular weight excluding hydrogens is 260 g/mol. The van der Waals surface area contributed by atoms with Crippen molar-refractivity contribution in [3.8, 4) is 0 Å². The van der Waals surface area contributed by atoms with E-state index in [9.17, 15) is 4.79 Å². The minimum atomic E-state index is -0.160. The maximum absolute atomic E-state index is 11.5. The zero-order chi connectivity index (χ0) is 12.8. The molecule has 0 heterocycles. The third kappa shape index (κ3) is 4.09. The van der Waals surface area contributed by atoms with E-state index in [-0.39, 0.29) is 30.9 Å². The molecule has 0 radical (unpaired) electrons. The van der Waals surface area contributed by atoms with Crippen LogP contribution in [0.3, 0.4) is 0 Å². The van der Waals surface area contributed by atoms with Crippen molar-refractivity contribution in [3.63, 3.8) is 0 Å². The number of carbonyl (C=O) groups excluding carboxylic acids is 1. The number of carbonyl (C=O) groups is 1. The summed E-state index contributed by atoms with van der Waals surface area (Å²) in [6.07, 6.45) is 0. The number of nitrogens with one attached hydrogen (secondary N) is 1. The second-order valence-corrected chi connectivity index (χ2v) is 4.03. The number of nitrogens with two attached hydrogens (primary N) is 1. The highest BCUT2D eigenvalue weighted by Gasteiger charge is 2.15. The molecule has 0 spiro atoms. The molecule has 0 atom stereocenters. The van der Waals surface area contributed by atoms with Crippen molar-refractivity contribution in [2.75, 3.05) is 6.54 Å². The second kappa shape index (κ2) is 7.56. The molecule has 0 aromatic heterocycles. The van der Waals surface area contributed by atoms with E-state index in [2.05, 4.69) is 5.32 Å². The first-order valence-corrected chi connectivity index (χ1v) is 5.90. The van der Waals surface area contributed by atoms with Crippen molar-refractivity contribution in [2.24, 2.45) is 5.73 Å². The van der Waals surface area contributed by atoms with Crippen LogP contribution in [0.2, 0.25) is 0 Å². The highest BCUT2D eigenvalue weighted by molar-refractivity contribution is 5.85. The van der Waals surface area contributed by atoms with Crippen molar-refractivity contribution in [3.05, 3.63) is 71.8 Å². The summed E-state index contributed by atoms with van der Waals surface area (Å²) >= 11 is 0. The van der Waals surface area contributed by atoms with Crippen molar-refractivity contribution >= 4 is 18.3 Å². The van der Waals surface area contributed by atoms with Crippen molar-refractivity contribution in [1.29, 1.82) is 0 Å². The normalized spacial score (nSPS) is 9.79. The van der Waals surface area contributed by atoms with Crippen molar-refractivity contribution < 1.29 is 4.79 Å². The van der Waals surface area contributed by atoms with Gasteiger partial charge in [-0.25, -0.2) is 0 Å². The van der Waals surface area contributed by atoms with Crippen molar-refractivity contribution in [1.82, 2.24) is 5.32 Å². The summed E-state index contributed by atoms with van der Waals surface area (Å²) in [6, 6.07) is 19.6. The zero-order valence-electron chi connectivity index (χ0n) is 10.5. The van der Waals surface area contributed by atoms with Gasteiger partial charge in [0.15, 0.2) is 0 Å². The van der Waals surface area contributed by atoms with Crippen LogP contribution >= 0.6 is 12.4 Å². The van der Waals surface area contributed by atoms with Gasteiger partial charge in [0, 0.05) is 0 Å². The second-order valence-electron chi connectivity index (χ2n) is 4.03. The quantitative estimate of drug-likeness (QED) is 0.900. The fraction of sp³-hybridized carbons (Fsp3) is 0.133. The summed E-state index contributed by atoms with van der Waals surface area (Å²) in [6.45, 7) is -0.00380. The van der Waals surface area contributed by atoms with Gasteiger partial charge in [-0.2, -0.15) is 0 Å². The minimum Gasteiger partial charge on any atom is -0.344 e. The fourth-order valence-electron chi connectivity index (χ4n) is 1.87. The Morgan fingerprint density at radius 1 is 0.947 bits per heavy atom. The first kappa shape index (κ1) is 15.2. The van der Waals surface area contributed by atoms with E-state index < -0.39 is 0 Å². The lowest BCUT2D eigenvalue weighted by Gasteiger charge is -2.19. The van der Waals surface area contributed by atoms with Gasteiger partial charge in [0.1, 0.15) is 0 Å². The number of hydrogen-bond acceptors (Lipinski definition) is 2. The molecule has 3 N–H and O–H groups in total. The Kier molecular flexibility index (Phi) is 6.06. The molecule has 3 nitrogen and oxygen atoms in total. The Morgan fingerprint density at radius 3 is 1.74 bits per heavy atom. The van der Waals surface area contributed by atoms with Crippen LogP contribution in [-0.2, 0) is 4.79 Å². The van der Waals surface area contributed by atoms with Gasteiger partial charge in [0.2, 0.25) is 5.91 Å². The summed E-state index contributed by atoms with van der Waals surface area (Å²) in [5.74, 6) is -0.160. The molecule has 0 saturated carbocycles. The average molecular weight is 277 g/mol. The third-order valence-electron chi connectivity index (χ3n) is 2.76. The molecule has 0 aliphatic carbocycles. The molecular formula is C15H17ClN2O. The summed E-state index contributed by atoms with van der Waals surface area (Å²) < 4.78 is 0. The Balaban J connectivity index is 0.00000180. The molecule has 2 aromatic rings. The van der Waals surface area contributed by atoms with Gasteiger partial charge in [-0.3, -0.25) is 4.79 Å². The lowest BCUT2D eigenvalue weighted by molar-refractivity contribution is -0.120. The van der Waals surface area contributed by atoms with Crippen LogP contribution in [0.25, 0.3) is 0 Å². The predicted octanol–water partition coefficient (Wildman–Crippen LogP) is 2.27. The van der Waals surface area contributed by atoms with E-state index in [1.165, 1.54) is 0 Å². The minimum absolute atomic E-state index is 0. The molecule has 100 valence electrons. The Hall–Kier alpha value is -1.84. The SMILES string of the molecule is Cl.NCC(=O)NC(c1ccccc1)c1ccccc1. The molecule has 0 unspecified atom stereocenters. The van der Waals surface area contributed by atoms with Gasteiger partial charge in [0.05, 0.1) is 12.6 Å². The standard InChI is InChI=1S/C15H16N2O.ClH/c16-11-14(18)17-15(12-7-3-1-4-8-12)13-9-5-2-6-10-13;/h1-10,15H,11,16H2,(H,17,18);1H. The fourth-order valence-corrected chi connectivity index (χ4v) is 1.87. The number of rotatable bonds is 4.